The van der Waals surface area contributed by atoms with Crippen molar-refractivity contribution in [2.45, 2.75) is 37.7 Å². The van der Waals surface area contributed by atoms with Gasteiger partial charge >= 0.3 is 6.36 Å². The Morgan fingerprint density at radius 1 is 1.19 bits per heavy atom. The Hall–Kier alpha value is -2.88. The Morgan fingerprint density at radius 2 is 1.87 bits per heavy atom. The highest BCUT2D eigenvalue weighted by Gasteiger charge is 2.33. The van der Waals surface area contributed by atoms with E-state index in [0.717, 1.165) is 18.4 Å². The predicted octanol–water partition coefficient (Wildman–Crippen LogP) is 3.25. The normalized spacial score (nSPS) is 16.9. The Kier molecular flexibility index (Phi) is 5.74. The van der Waals surface area contributed by atoms with Crippen LogP contribution in [0.15, 0.2) is 30.6 Å². The van der Waals surface area contributed by atoms with Crippen LogP contribution in [0.5, 0.6) is 5.75 Å². The average Bonchev–Trinajstić information content (AvgIpc) is 3.49. The van der Waals surface area contributed by atoms with E-state index < -0.39 is 6.36 Å². The maximum Gasteiger partial charge on any atom is 0.573 e. The van der Waals surface area contributed by atoms with Gasteiger partial charge in [-0.3, -0.25) is 4.79 Å². The molecule has 1 aliphatic carbocycles. The number of rotatable bonds is 7. The Labute approximate surface area is 178 Å². The monoisotopic (exact) mass is 435 g/mol. The number of anilines is 1. The summed E-state index contributed by atoms with van der Waals surface area (Å²) in [5.74, 6) is 0.240. The fourth-order valence-corrected chi connectivity index (χ4v) is 3.47. The third kappa shape index (κ3) is 5.43. The Bertz CT molecular complexity index is 939. The van der Waals surface area contributed by atoms with Gasteiger partial charge in [-0.25, -0.2) is 9.97 Å². The van der Waals surface area contributed by atoms with Crippen LogP contribution in [0, 0.1) is 0 Å². The zero-order valence-corrected chi connectivity index (χ0v) is 17.3. The molecule has 1 aliphatic heterocycles. The lowest BCUT2D eigenvalue weighted by Crippen LogP contribution is -2.59. The SMILES string of the molecule is CN(C)C1CN(C(=O)c2cnc(NCc3cc(OC(F)(F)F)cc(C4CC4)c3)nc2)C1. The lowest BCUT2D eigenvalue weighted by molar-refractivity contribution is -0.274. The molecule has 31 heavy (non-hydrogen) atoms. The van der Waals surface area contributed by atoms with Crippen molar-refractivity contribution in [3.63, 3.8) is 0 Å². The third-order valence-electron chi connectivity index (χ3n) is 5.50. The predicted molar refractivity (Wildman–Crippen MR) is 108 cm³/mol. The van der Waals surface area contributed by atoms with Crippen LogP contribution < -0.4 is 10.1 Å². The minimum atomic E-state index is -4.73. The van der Waals surface area contributed by atoms with Crippen LogP contribution in [-0.2, 0) is 6.54 Å². The molecular formula is C21H24F3N5O2. The smallest absolute Gasteiger partial charge is 0.406 e. The zero-order chi connectivity index (χ0) is 22.2. The van der Waals surface area contributed by atoms with Crippen LogP contribution in [0.1, 0.15) is 40.2 Å². The van der Waals surface area contributed by atoms with Gasteiger partial charge in [0, 0.05) is 38.1 Å². The molecule has 0 atom stereocenters. The van der Waals surface area contributed by atoms with Crippen molar-refractivity contribution >= 4 is 11.9 Å². The first-order valence-electron chi connectivity index (χ1n) is 10.1. The molecule has 1 aromatic carbocycles. The first kappa shape index (κ1) is 21.4. The summed E-state index contributed by atoms with van der Waals surface area (Å²) in [6, 6.07) is 5.04. The summed E-state index contributed by atoms with van der Waals surface area (Å²) in [6.07, 6.45) is 0.112. The molecule has 0 spiro atoms. The van der Waals surface area contributed by atoms with E-state index >= 15 is 0 Å². The first-order chi connectivity index (χ1) is 14.7. The summed E-state index contributed by atoms with van der Waals surface area (Å²) in [5.41, 5.74) is 1.88. The van der Waals surface area contributed by atoms with Crippen molar-refractivity contribution < 1.29 is 22.7 Å². The van der Waals surface area contributed by atoms with Gasteiger partial charge in [-0.05, 0) is 56.1 Å². The van der Waals surface area contributed by atoms with Crippen LogP contribution in [0.3, 0.4) is 0 Å². The van der Waals surface area contributed by atoms with Gasteiger partial charge in [-0.2, -0.15) is 0 Å². The summed E-state index contributed by atoms with van der Waals surface area (Å²) in [6.45, 7) is 1.58. The number of benzene rings is 1. The molecule has 0 bridgehead atoms. The van der Waals surface area contributed by atoms with Crippen molar-refractivity contribution in [3.05, 3.63) is 47.3 Å². The second-order valence-electron chi connectivity index (χ2n) is 8.21. The lowest BCUT2D eigenvalue weighted by Gasteiger charge is -2.42. The number of aromatic nitrogens is 2. The molecule has 7 nitrogen and oxygen atoms in total. The zero-order valence-electron chi connectivity index (χ0n) is 17.3. The van der Waals surface area contributed by atoms with Gasteiger partial charge in [0.1, 0.15) is 5.75 Å². The molecular weight excluding hydrogens is 411 g/mol. The van der Waals surface area contributed by atoms with Gasteiger partial charge in [0.25, 0.3) is 5.91 Å². The van der Waals surface area contributed by atoms with Gasteiger partial charge in [-0.15, -0.1) is 13.2 Å². The van der Waals surface area contributed by atoms with Crippen LogP contribution >= 0.6 is 0 Å². The van der Waals surface area contributed by atoms with Gasteiger partial charge in [-0.1, -0.05) is 6.07 Å². The van der Waals surface area contributed by atoms with Crippen LogP contribution in [0.25, 0.3) is 0 Å². The van der Waals surface area contributed by atoms with Crippen molar-refractivity contribution in [1.82, 2.24) is 19.8 Å². The second-order valence-corrected chi connectivity index (χ2v) is 8.21. The van der Waals surface area contributed by atoms with Gasteiger partial charge in [0.2, 0.25) is 5.95 Å². The third-order valence-corrected chi connectivity index (χ3v) is 5.50. The van der Waals surface area contributed by atoms with Gasteiger partial charge in [0.05, 0.1) is 5.56 Å². The molecule has 1 saturated carbocycles. The average molecular weight is 435 g/mol. The second kappa shape index (κ2) is 8.33. The number of halogens is 3. The van der Waals surface area contributed by atoms with Crippen LogP contribution in [0.4, 0.5) is 19.1 Å². The maximum atomic E-state index is 12.6. The number of ether oxygens (including phenoxy) is 1. The number of alkyl halides is 3. The van der Waals surface area contributed by atoms with E-state index in [0.29, 0.717) is 36.2 Å². The number of hydrogen-bond acceptors (Lipinski definition) is 6. The number of likely N-dealkylation sites (N-methyl/N-ethyl adjacent to an activating group) is 1. The number of hydrogen-bond donors (Lipinski definition) is 1. The topological polar surface area (TPSA) is 70.6 Å². The van der Waals surface area contributed by atoms with E-state index in [2.05, 4.69) is 24.9 Å². The van der Waals surface area contributed by atoms with Crippen molar-refractivity contribution in [2.24, 2.45) is 0 Å². The largest absolute Gasteiger partial charge is 0.573 e. The summed E-state index contributed by atoms with van der Waals surface area (Å²) in [5, 5.41) is 2.99. The minimum Gasteiger partial charge on any atom is -0.406 e. The number of nitrogens with one attached hydrogen (secondary N) is 1. The molecule has 4 rings (SSSR count). The standard InChI is InChI=1S/C21H24F3N5O2/c1-28(2)17-11-29(12-17)19(30)16-9-26-20(27-10-16)25-8-13-5-15(14-3-4-14)7-18(6-13)31-21(22,23)24/h5-7,9-10,14,17H,3-4,8,11-12H2,1-2H3,(H,25,26,27). The molecule has 0 unspecified atom stereocenters. The summed E-state index contributed by atoms with van der Waals surface area (Å²) in [4.78, 5) is 24.6. The van der Waals surface area contributed by atoms with Gasteiger partial charge < -0.3 is 19.9 Å². The summed E-state index contributed by atoms with van der Waals surface area (Å²) >= 11 is 0. The summed E-state index contributed by atoms with van der Waals surface area (Å²) in [7, 11) is 3.96. The lowest BCUT2D eigenvalue weighted by atomic mass is 10.1. The molecule has 1 aromatic heterocycles. The summed E-state index contributed by atoms with van der Waals surface area (Å²) < 4.78 is 42.0. The number of carbonyl (C=O) groups is 1. The molecule has 2 heterocycles. The molecule has 10 heteroatoms. The van der Waals surface area contributed by atoms with Crippen LogP contribution in [0.2, 0.25) is 0 Å². The molecule has 2 aromatic rings. The highest BCUT2D eigenvalue weighted by molar-refractivity contribution is 5.94. The van der Waals surface area contributed by atoms with E-state index in [9.17, 15) is 18.0 Å². The fraction of sp³-hybridized carbons (Fsp3) is 0.476. The number of amides is 1. The van der Waals surface area contributed by atoms with E-state index in [1.54, 1.807) is 4.90 Å². The first-order valence-corrected chi connectivity index (χ1v) is 10.1. The highest BCUT2D eigenvalue weighted by atomic mass is 19.4. The molecule has 1 saturated heterocycles. The van der Waals surface area contributed by atoms with E-state index in [1.807, 2.05) is 20.2 Å². The van der Waals surface area contributed by atoms with Crippen molar-refractivity contribution in [1.29, 1.82) is 0 Å². The Morgan fingerprint density at radius 3 is 2.45 bits per heavy atom. The maximum absolute atomic E-state index is 12.6. The highest BCUT2D eigenvalue weighted by Crippen LogP contribution is 2.42. The Balaban J connectivity index is 1.37. The van der Waals surface area contributed by atoms with Crippen molar-refractivity contribution in [2.75, 3.05) is 32.5 Å². The molecule has 1 N–H and O–H groups in total. The molecule has 166 valence electrons. The number of likely N-dealkylation sites (tertiary alicyclic amines) is 1. The minimum absolute atomic E-state index is 0.115. The van der Waals surface area contributed by atoms with Crippen LogP contribution in [-0.4, -0.2) is 65.3 Å². The van der Waals surface area contributed by atoms with Gasteiger partial charge in [0.15, 0.2) is 0 Å². The number of nitrogens with zero attached hydrogens (tertiary/aromatic N) is 4. The number of carbonyl (C=O) groups excluding carboxylic acids is 1. The molecule has 0 radical (unpaired) electrons. The van der Waals surface area contributed by atoms with E-state index in [-0.39, 0.29) is 24.1 Å². The molecule has 2 fully saturated rings. The van der Waals surface area contributed by atoms with Crippen molar-refractivity contribution in [3.8, 4) is 5.75 Å². The quantitative estimate of drug-likeness (QED) is 0.720. The fourth-order valence-electron chi connectivity index (χ4n) is 3.47. The molecule has 2 aliphatic rings. The van der Waals surface area contributed by atoms with E-state index in [1.165, 1.54) is 24.5 Å². The van der Waals surface area contributed by atoms with E-state index in [4.69, 9.17) is 0 Å². The molecule has 1 amide bonds.